The maximum Gasteiger partial charge on any atom is 0.282 e. The van der Waals surface area contributed by atoms with Crippen LogP contribution in [0, 0.1) is 6.92 Å². The van der Waals surface area contributed by atoms with Gasteiger partial charge in [0, 0.05) is 6.20 Å². The largest absolute Gasteiger partial charge is 0.497 e. The second-order valence-electron chi connectivity index (χ2n) is 4.71. The molecular weight excluding hydrogens is 288 g/mol. The summed E-state index contributed by atoms with van der Waals surface area (Å²) in [5.74, 6) is 0.737. The van der Waals surface area contributed by atoms with E-state index < -0.39 is 10.0 Å². The Labute approximate surface area is 122 Å². The lowest BCUT2D eigenvalue weighted by molar-refractivity contribution is 0.415. The monoisotopic (exact) mass is 302 g/mol. The lowest BCUT2D eigenvalue weighted by Crippen LogP contribution is -2.13. The highest BCUT2D eigenvalue weighted by atomic mass is 32.2. The van der Waals surface area contributed by atoms with Crippen molar-refractivity contribution in [2.75, 3.05) is 7.11 Å². The number of hydrogen-bond donors (Lipinski definition) is 0. The van der Waals surface area contributed by atoms with E-state index in [1.54, 1.807) is 44.4 Å². The number of benzene rings is 2. The summed E-state index contributed by atoms with van der Waals surface area (Å²) in [7, 11) is -2.05. The smallest absolute Gasteiger partial charge is 0.282 e. The fourth-order valence-electron chi connectivity index (χ4n) is 2.12. The van der Waals surface area contributed by atoms with Gasteiger partial charge in [-0.3, -0.25) is 0 Å². The van der Waals surface area contributed by atoms with Crippen LogP contribution in [0.15, 0.2) is 53.6 Å². The molecule has 3 rings (SSSR count). The van der Waals surface area contributed by atoms with Gasteiger partial charge in [0.15, 0.2) is 0 Å². The molecule has 6 heteroatoms. The van der Waals surface area contributed by atoms with E-state index in [0.29, 0.717) is 5.69 Å². The number of nitrogens with zero attached hydrogens (tertiary/aromatic N) is 2. The van der Waals surface area contributed by atoms with Crippen molar-refractivity contribution < 1.29 is 13.2 Å². The molecule has 0 fully saturated rings. The Hall–Kier alpha value is -2.34. The maximum atomic E-state index is 12.5. The zero-order chi connectivity index (χ0) is 15.0. The summed E-state index contributed by atoms with van der Waals surface area (Å²) in [4.78, 5) is 0.211. The molecule has 0 radical (unpaired) electrons. The molecule has 0 atom stereocenters. The fourth-order valence-corrected chi connectivity index (χ4v) is 3.31. The van der Waals surface area contributed by atoms with Crippen LogP contribution in [0.1, 0.15) is 5.69 Å². The van der Waals surface area contributed by atoms with E-state index in [2.05, 4.69) is 5.10 Å². The van der Waals surface area contributed by atoms with Crippen LogP contribution in [0.3, 0.4) is 0 Å². The predicted molar refractivity (Wildman–Crippen MR) is 80.0 cm³/mol. The van der Waals surface area contributed by atoms with Crippen LogP contribution in [0.25, 0.3) is 10.8 Å². The number of rotatable bonds is 3. The van der Waals surface area contributed by atoms with Gasteiger partial charge in [-0.05, 0) is 48.0 Å². The van der Waals surface area contributed by atoms with Gasteiger partial charge in [0.25, 0.3) is 10.0 Å². The first-order valence-corrected chi connectivity index (χ1v) is 7.80. The first-order chi connectivity index (χ1) is 10.0. The van der Waals surface area contributed by atoms with Crippen LogP contribution in [0.5, 0.6) is 5.75 Å². The summed E-state index contributed by atoms with van der Waals surface area (Å²) in [6.07, 6.45) is 1.45. The van der Waals surface area contributed by atoms with Crippen LogP contribution >= 0.6 is 0 Å². The van der Waals surface area contributed by atoms with Gasteiger partial charge >= 0.3 is 0 Å². The van der Waals surface area contributed by atoms with Crippen molar-refractivity contribution in [3.8, 4) is 5.75 Å². The molecule has 0 aliphatic heterocycles. The highest BCUT2D eigenvalue weighted by molar-refractivity contribution is 7.89. The summed E-state index contributed by atoms with van der Waals surface area (Å²) in [5.41, 5.74) is 0.657. The van der Waals surface area contributed by atoms with E-state index in [9.17, 15) is 8.42 Å². The van der Waals surface area contributed by atoms with Gasteiger partial charge in [0.1, 0.15) is 5.75 Å². The highest BCUT2D eigenvalue weighted by Crippen LogP contribution is 2.24. The molecule has 0 saturated heterocycles. The minimum atomic E-state index is -3.65. The minimum Gasteiger partial charge on any atom is -0.497 e. The Morgan fingerprint density at radius 2 is 1.76 bits per heavy atom. The second-order valence-corrected chi connectivity index (χ2v) is 6.51. The van der Waals surface area contributed by atoms with Gasteiger partial charge < -0.3 is 4.74 Å². The van der Waals surface area contributed by atoms with E-state index >= 15 is 0 Å². The molecule has 1 aromatic heterocycles. The topological polar surface area (TPSA) is 61.2 Å². The lowest BCUT2D eigenvalue weighted by atomic mass is 10.1. The first-order valence-electron chi connectivity index (χ1n) is 6.36. The molecule has 21 heavy (non-hydrogen) atoms. The molecule has 108 valence electrons. The Morgan fingerprint density at radius 1 is 1.05 bits per heavy atom. The van der Waals surface area contributed by atoms with Gasteiger partial charge in [0.2, 0.25) is 0 Å². The lowest BCUT2D eigenvalue weighted by Gasteiger charge is -2.07. The molecule has 0 unspecified atom stereocenters. The molecule has 1 heterocycles. The average molecular weight is 302 g/mol. The Morgan fingerprint density at radius 3 is 2.43 bits per heavy atom. The standard InChI is InChI=1S/C15H14N2O3S/c1-11-7-8-17(16-11)21(18,19)15-6-4-12-9-14(20-2)5-3-13(12)10-15/h3-10H,1-2H3. The quantitative estimate of drug-likeness (QED) is 0.746. The van der Waals surface area contributed by atoms with Gasteiger partial charge in [-0.2, -0.15) is 17.6 Å². The van der Waals surface area contributed by atoms with E-state index in [0.717, 1.165) is 20.6 Å². The zero-order valence-electron chi connectivity index (χ0n) is 11.6. The summed E-state index contributed by atoms with van der Waals surface area (Å²) in [5, 5.41) is 5.73. The van der Waals surface area contributed by atoms with Crippen molar-refractivity contribution in [2.24, 2.45) is 0 Å². The van der Waals surface area contributed by atoms with Crippen LogP contribution in [-0.2, 0) is 10.0 Å². The fraction of sp³-hybridized carbons (Fsp3) is 0.133. The highest BCUT2D eigenvalue weighted by Gasteiger charge is 2.18. The van der Waals surface area contributed by atoms with Crippen molar-refractivity contribution in [2.45, 2.75) is 11.8 Å². The summed E-state index contributed by atoms with van der Waals surface area (Å²) in [6, 6.07) is 12.1. The number of methoxy groups -OCH3 is 1. The Kier molecular flexibility index (Phi) is 3.17. The van der Waals surface area contributed by atoms with Gasteiger partial charge in [0.05, 0.1) is 17.7 Å². The van der Waals surface area contributed by atoms with Crippen LogP contribution in [-0.4, -0.2) is 24.7 Å². The number of hydrogen-bond acceptors (Lipinski definition) is 4. The number of ether oxygens (including phenoxy) is 1. The third-order valence-corrected chi connectivity index (χ3v) is 4.81. The SMILES string of the molecule is COc1ccc2cc(S(=O)(=O)n3ccc(C)n3)ccc2c1. The molecule has 0 aliphatic carbocycles. The molecule has 3 aromatic rings. The van der Waals surface area contributed by atoms with E-state index in [1.807, 2.05) is 12.1 Å². The van der Waals surface area contributed by atoms with Crippen molar-refractivity contribution in [1.82, 2.24) is 9.19 Å². The number of fused-ring (bicyclic) bond motifs is 1. The van der Waals surface area contributed by atoms with Crippen LogP contribution < -0.4 is 4.74 Å². The van der Waals surface area contributed by atoms with Gasteiger partial charge in [-0.25, -0.2) is 0 Å². The van der Waals surface area contributed by atoms with Gasteiger partial charge in [-0.15, -0.1) is 0 Å². The minimum absolute atomic E-state index is 0.211. The summed E-state index contributed by atoms with van der Waals surface area (Å²) in [6.45, 7) is 1.75. The summed E-state index contributed by atoms with van der Waals surface area (Å²) >= 11 is 0. The van der Waals surface area contributed by atoms with Crippen molar-refractivity contribution >= 4 is 20.8 Å². The number of aromatic nitrogens is 2. The maximum absolute atomic E-state index is 12.5. The molecule has 0 saturated carbocycles. The van der Waals surface area contributed by atoms with Crippen LogP contribution in [0.4, 0.5) is 0 Å². The molecule has 0 N–H and O–H groups in total. The van der Waals surface area contributed by atoms with Crippen molar-refractivity contribution in [1.29, 1.82) is 0 Å². The molecular formula is C15H14N2O3S. The Bertz CT molecular complexity index is 914. The molecule has 5 nitrogen and oxygen atoms in total. The van der Waals surface area contributed by atoms with E-state index in [-0.39, 0.29) is 4.90 Å². The molecule has 0 amide bonds. The normalized spacial score (nSPS) is 11.7. The Balaban J connectivity index is 2.13. The van der Waals surface area contributed by atoms with Crippen molar-refractivity contribution in [3.63, 3.8) is 0 Å². The third-order valence-electron chi connectivity index (χ3n) is 3.26. The van der Waals surface area contributed by atoms with Crippen molar-refractivity contribution in [3.05, 3.63) is 54.4 Å². The molecule has 0 aliphatic rings. The summed E-state index contributed by atoms with van der Waals surface area (Å²) < 4.78 is 31.1. The molecule has 0 spiro atoms. The zero-order valence-corrected chi connectivity index (χ0v) is 12.5. The van der Waals surface area contributed by atoms with Gasteiger partial charge in [-0.1, -0.05) is 12.1 Å². The molecule has 0 bridgehead atoms. The second kappa shape index (κ2) is 4.89. The third kappa shape index (κ3) is 2.38. The average Bonchev–Trinajstić information content (AvgIpc) is 2.93. The number of aryl methyl sites for hydroxylation is 1. The van der Waals surface area contributed by atoms with Crippen LogP contribution in [0.2, 0.25) is 0 Å². The van der Waals surface area contributed by atoms with E-state index in [4.69, 9.17) is 4.74 Å². The van der Waals surface area contributed by atoms with E-state index in [1.165, 1.54) is 6.20 Å². The molecule has 2 aromatic carbocycles. The first kappa shape index (κ1) is 13.6. The predicted octanol–water partition coefficient (Wildman–Crippen LogP) is 2.59.